The Kier molecular flexibility index (Phi) is 7.58. The van der Waals surface area contributed by atoms with Crippen LogP contribution in [0.25, 0.3) is 0 Å². The van der Waals surface area contributed by atoms with Crippen LogP contribution in [0.3, 0.4) is 0 Å². The van der Waals surface area contributed by atoms with Crippen molar-refractivity contribution in [2.75, 3.05) is 13.2 Å². The zero-order valence-electron chi connectivity index (χ0n) is 17.8. The van der Waals surface area contributed by atoms with Crippen LogP contribution in [0.15, 0.2) is 60.1 Å². The second-order valence-corrected chi connectivity index (χ2v) is 7.48. The maximum absolute atomic E-state index is 13.5. The van der Waals surface area contributed by atoms with Crippen LogP contribution in [0.2, 0.25) is 0 Å². The predicted octanol–water partition coefficient (Wildman–Crippen LogP) is 3.52. The summed E-state index contributed by atoms with van der Waals surface area (Å²) in [4.78, 5) is 17.7. The van der Waals surface area contributed by atoms with Gasteiger partial charge in [0.05, 0.1) is 6.61 Å². The molecular formula is C24H26F2N2O4. The molecule has 6 nitrogen and oxygen atoms in total. The molecule has 0 saturated carbocycles. The molecule has 0 unspecified atom stereocenters. The fourth-order valence-corrected chi connectivity index (χ4v) is 3.39. The molecule has 0 aromatic heterocycles. The molecular weight excluding hydrogens is 418 g/mol. The lowest BCUT2D eigenvalue weighted by molar-refractivity contribution is -0.128. The molecule has 2 N–H and O–H groups in total. The van der Waals surface area contributed by atoms with E-state index < -0.39 is 29.2 Å². The van der Waals surface area contributed by atoms with Gasteiger partial charge in [-0.3, -0.25) is 4.79 Å². The Balaban J connectivity index is 1.76. The first kappa shape index (κ1) is 23.4. The molecule has 0 saturated heterocycles. The lowest BCUT2D eigenvalue weighted by Gasteiger charge is -2.26. The van der Waals surface area contributed by atoms with Gasteiger partial charge in [-0.05, 0) is 48.9 Å². The molecule has 1 heterocycles. The van der Waals surface area contributed by atoms with Crippen LogP contribution < -0.4 is 10.1 Å². The van der Waals surface area contributed by atoms with E-state index in [4.69, 9.17) is 14.6 Å². The quantitative estimate of drug-likeness (QED) is 0.434. The van der Waals surface area contributed by atoms with E-state index in [1.807, 2.05) is 0 Å². The van der Waals surface area contributed by atoms with Crippen molar-refractivity contribution in [1.29, 1.82) is 0 Å². The molecule has 0 aliphatic carbocycles. The van der Waals surface area contributed by atoms with Gasteiger partial charge in [0.2, 0.25) is 5.90 Å². The van der Waals surface area contributed by atoms with Crippen LogP contribution >= 0.6 is 0 Å². The third-order valence-electron chi connectivity index (χ3n) is 5.22. The highest BCUT2D eigenvalue weighted by molar-refractivity contribution is 6.00. The van der Waals surface area contributed by atoms with E-state index in [-0.39, 0.29) is 19.6 Å². The number of rotatable bonds is 10. The number of hydrogen-bond acceptors (Lipinski definition) is 5. The standard InChI is InChI=1S/C24H26F2N2O4/c1-3-11-24(23(30)27-15-17-5-10-20(25)21(26)14-17)16(2)32-22(28-24)18-6-8-19(9-7-18)31-13-4-12-29/h3,5-10,14,16,29H,1,4,11-13,15H2,2H3,(H,27,30)/t16-,24-/m1/s1. The fourth-order valence-electron chi connectivity index (χ4n) is 3.39. The second kappa shape index (κ2) is 10.4. The Morgan fingerprint density at radius 1 is 1.28 bits per heavy atom. The van der Waals surface area contributed by atoms with Gasteiger partial charge in [-0.25, -0.2) is 13.8 Å². The van der Waals surface area contributed by atoms with E-state index >= 15 is 0 Å². The SMILES string of the molecule is C=CC[C@@]1(C(=O)NCc2ccc(F)c(F)c2)N=C(c2ccc(OCCCO)cc2)O[C@@H]1C. The molecule has 3 rings (SSSR count). The molecule has 170 valence electrons. The highest BCUT2D eigenvalue weighted by atomic mass is 19.2. The lowest BCUT2D eigenvalue weighted by atomic mass is 9.89. The summed E-state index contributed by atoms with van der Waals surface area (Å²) in [6, 6.07) is 10.6. The van der Waals surface area contributed by atoms with Crippen LogP contribution in [0.1, 0.15) is 30.9 Å². The number of nitrogens with zero attached hydrogens (tertiary/aromatic N) is 1. The van der Waals surface area contributed by atoms with Gasteiger partial charge in [-0.1, -0.05) is 12.1 Å². The molecule has 0 bridgehead atoms. The van der Waals surface area contributed by atoms with Crippen molar-refractivity contribution < 1.29 is 28.2 Å². The minimum absolute atomic E-state index is 0.0202. The summed E-state index contributed by atoms with van der Waals surface area (Å²) in [6.07, 6.45) is 1.81. The van der Waals surface area contributed by atoms with E-state index in [2.05, 4.69) is 16.9 Å². The van der Waals surface area contributed by atoms with E-state index in [9.17, 15) is 13.6 Å². The Morgan fingerprint density at radius 2 is 2.03 bits per heavy atom. The number of nitrogens with one attached hydrogen (secondary N) is 1. The number of amides is 1. The molecule has 0 radical (unpaired) electrons. The van der Waals surface area contributed by atoms with Crippen LogP contribution in [0.4, 0.5) is 8.78 Å². The smallest absolute Gasteiger partial charge is 0.252 e. The Labute approximate surface area is 185 Å². The highest BCUT2D eigenvalue weighted by Crippen LogP contribution is 2.32. The lowest BCUT2D eigenvalue weighted by Crippen LogP contribution is -2.50. The van der Waals surface area contributed by atoms with Crippen LogP contribution in [0.5, 0.6) is 5.75 Å². The summed E-state index contributed by atoms with van der Waals surface area (Å²) in [6.45, 7) is 5.98. The van der Waals surface area contributed by atoms with Gasteiger partial charge in [0, 0.05) is 31.6 Å². The largest absolute Gasteiger partial charge is 0.494 e. The first-order chi connectivity index (χ1) is 15.4. The maximum Gasteiger partial charge on any atom is 0.252 e. The number of aliphatic hydroxyl groups is 1. The van der Waals surface area contributed by atoms with Crippen molar-refractivity contribution in [2.45, 2.75) is 38.0 Å². The zero-order chi connectivity index (χ0) is 23.1. The number of ether oxygens (including phenoxy) is 2. The molecule has 2 aromatic rings. The molecule has 1 amide bonds. The number of benzene rings is 2. The van der Waals surface area contributed by atoms with Gasteiger partial charge >= 0.3 is 0 Å². The topological polar surface area (TPSA) is 80.2 Å². The molecule has 1 aliphatic heterocycles. The summed E-state index contributed by atoms with van der Waals surface area (Å²) >= 11 is 0. The number of carbonyl (C=O) groups excluding carboxylic acids is 1. The van der Waals surface area contributed by atoms with Crippen LogP contribution in [0, 0.1) is 11.6 Å². The van der Waals surface area contributed by atoms with Crippen molar-refractivity contribution in [2.24, 2.45) is 4.99 Å². The molecule has 0 spiro atoms. The fraction of sp³-hybridized carbons (Fsp3) is 0.333. The Hall–Kier alpha value is -3.26. The van der Waals surface area contributed by atoms with Crippen molar-refractivity contribution in [3.63, 3.8) is 0 Å². The monoisotopic (exact) mass is 444 g/mol. The number of aliphatic hydroxyl groups excluding tert-OH is 1. The third-order valence-corrected chi connectivity index (χ3v) is 5.22. The molecule has 2 aromatic carbocycles. The van der Waals surface area contributed by atoms with Gasteiger partial charge in [0.1, 0.15) is 11.9 Å². The van der Waals surface area contributed by atoms with Crippen molar-refractivity contribution >= 4 is 11.8 Å². The van der Waals surface area contributed by atoms with Crippen molar-refractivity contribution in [3.05, 3.63) is 77.9 Å². The first-order valence-corrected chi connectivity index (χ1v) is 10.3. The second-order valence-electron chi connectivity index (χ2n) is 7.48. The van der Waals surface area contributed by atoms with Crippen LogP contribution in [-0.2, 0) is 16.1 Å². The van der Waals surface area contributed by atoms with Gasteiger partial charge in [0.25, 0.3) is 5.91 Å². The normalized spacial score (nSPS) is 19.8. The minimum Gasteiger partial charge on any atom is -0.494 e. The van der Waals surface area contributed by atoms with E-state index in [1.165, 1.54) is 6.07 Å². The predicted molar refractivity (Wildman–Crippen MR) is 116 cm³/mol. The summed E-state index contributed by atoms with van der Waals surface area (Å²) in [5.74, 6) is -1.34. The minimum atomic E-state index is -1.23. The first-order valence-electron chi connectivity index (χ1n) is 10.3. The van der Waals surface area contributed by atoms with Crippen molar-refractivity contribution in [3.8, 4) is 5.75 Å². The van der Waals surface area contributed by atoms with Gasteiger partial charge < -0.3 is 19.9 Å². The molecule has 32 heavy (non-hydrogen) atoms. The summed E-state index contributed by atoms with van der Waals surface area (Å²) in [7, 11) is 0. The van der Waals surface area contributed by atoms with Gasteiger partial charge in [0.15, 0.2) is 17.2 Å². The zero-order valence-corrected chi connectivity index (χ0v) is 17.8. The highest BCUT2D eigenvalue weighted by Gasteiger charge is 2.49. The molecule has 1 aliphatic rings. The average molecular weight is 444 g/mol. The molecule has 0 fully saturated rings. The van der Waals surface area contributed by atoms with Crippen LogP contribution in [-0.4, -0.2) is 41.8 Å². The summed E-state index contributed by atoms with van der Waals surface area (Å²) in [5.41, 5.74) is -0.115. The van der Waals surface area contributed by atoms with E-state index in [1.54, 1.807) is 37.3 Å². The third kappa shape index (κ3) is 5.13. The number of aliphatic imine (C=N–C) groups is 1. The Bertz CT molecular complexity index is 994. The molecule has 2 atom stereocenters. The number of hydrogen-bond donors (Lipinski definition) is 2. The van der Waals surface area contributed by atoms with Gasteiger partial charge in [-0.15, -0.1) is 6.58 Å². The maximum atomic E-state index is 13.5. The Morgan fingerprint density at radius 3 is 2.69 bits per heavy atom. The van der Waals surface area contributed by atoms with E-state index in [0.29, 0.717) is 35.8 Å². The van der Waals surface area contributed by atoms with E-state index in [0.717, 1.165) is 12.1 Å². The average Bonchev–Trinajstić information content (AvgIpc) is 3.12. The van der Waals surface area contributed by atoms with Gasteiger partial charge in [-0.2, -0.15) is 0 Å². The van der Waals surface area contributed by atoms with Crippen molar-refractivity contribution in [1.82, 2.24) is 5.32 Å². The number of carbonyl (C=O) groups is 1. The summed E-state index contributed by atoms with van der Waals surface area (Å²) < 4.78 is 38.0. The summed E-state index contributed by atoms with van der Waals surface area (Å²) in [5, 5.41) is 11.6. The number of halogens is 2. The molecule has 8 heteroatoms.